The summed E-state index contributed by atoms with van der Waals surface area (Å²) in [5.74, 6) is -1.89. The molecule has 5 fully saturated rings. The van der Waals surface area contributed by atoms with Crippen molar-refractivity contribution in [2.45, 2.75) is 424 Å². The van der Waals surface area contributed by atoms with Gasteiger partial charge < -0.3 is 140 Å². The van der Waals surface area contributed by atoms with Crippen LogP contribution >= 0.6 is 0 Å². The molecule has 109 heavy (non-hydrogen) atoms. The molecule has 0 bridgehead atoms. The quantitative estimate of drug-likeness (QED) is 0.0307. The van der Waals surface area contributed by atoms with Gasteiger partial charge in [0.15, 0.2) is 31.5 Å². The lowest BCUT2D eigenvalue weighted by molar-refractivity contribution is -0.383. The average molecular weight is 1570 g/mol. The molecule has 0 aromatic carbocycles. The first kappa shape index (κ1) is 96.7. The van der Waals surface area contributed by atoms with Gasteiger partial charge in [0.05, 0.1) is 51.8 Å². The summed E-state index contributed by atoms with van der Waals surface area (Å²) in [4.78, 5) is 38.7. The Morgan fingerprint density at radius 1 is 0.358 bits per heavy atom. The maximum absolute atomic E-state index is 13.5. The number of rotatable bonds is 57. The van der Waals surface area contributed by atoms with Crippen LogP contribution in [0.4, 0.5) is 0 Å². The Morgan fingerprint density at radius 2 is 0.688 bits per heavy atom. The third kappa shape index (κ3) is 33.0. The average Bonchev–Trinajstić information content (AvgIpc) is 0.773. The lowest BCUT2D eigenvalue weighted by atomic mass is 9.94. The molecule has 0 radical (unpaired) electrons. The van der Waals surface area contributed by atoms with Gasteiger partial charge in [0.25, 0.3) is 0 Å². The number of aliphatic hydroxyl groups is 15. The van der Waals surface area contributed by atoms with Crippen LogP contribution in [0.2, 0.25) is 0 Å². The Morgan fingerprint density at radius 3 is 1.13 bits per heavy atom. The summed E-state index contributed by atoms with van der Waals surface area (Å²) < 4.78 is 59.2. The molecule has 5 aliphatic rings. The number of hydrogen-bond acceptors (Lipinski definition) is 28. The molecule has 31 heteroatoms. The molecular weight excluding hydrogens is 1430 g/mol. The molecular formula is C78H143N3O28. The summed E-state index contributed by atoms with van der Waals surface area (Å²) >= 11 is 0. The number of amides is 3. The molecule has 0 spiro atoms. The molecule has 3 amide bonds. The zero-order chi connectivity index (χ0) is 79.6. The summed E-state index contributed by atoms with van der Waals surface area (Å²) in [7, 11) is 0. The fourth-order valence-corrected chi connectivity index (χ4v) is 15.0. The molecule has 5 aliphatic heterocycles. The summed E-state index contributed by atoms with van der Waals surface area (Å²) in [6, 6.07) is -4.37. The van der Waals surface area contributed by atoms with Crippen molar-refractivity contribution < 1.29 is 138 Å². The van der Waals surface area contributed by atoms with E-state index in [4.69, 9.17) is 47.4 Å². The number of ether oxygens (including phenoxy) is 10. The summed E-state index contributed by atoms with van der Waals surface area (Å²) in [5.41, 5.74) is 0. The van der Waals surface area contributed by atoms with Crippen molar-refractivity contribution >= 4 is 17.7 Å². The van der Waals surface area contributed by atoms with Crippen LogP contribution < -0.4 is 16.0 Å². The predicted molar refractivity (Wildman–Crippen MR) is 398 cm³/mol. The van der Waals surface area contributed by atoms with E-state index in [1.165, 1.54) is 167 Å². The smallest absolute Gasteiger partial charge is 0.220 e. The van der Waals surface area contributed by atoms with Gasteiger partial charge in [-0.2, -0.15) is 0 Å². The lowest BCUT2D eigenvalue weighted by Gasteiger charge is -2.50. The highest BCUT2D eigenvalue weighted by Crippen LogP contribution is 2.37. The van der Waals surface area contributed by atoms with Gasteiger partial charge in [0.2, 0.25) is 17.7 Å². The van der Waals surface area contributed by atoms with E-state index in [0.29, 0.717) is 12.8 Å². The van der Waals surface area contributed by atoms with Crippen LogP contribution in [-0.2, 0) is 61.8 Å². The van der Waals surface area contributed by atoms with Crippen molar-refractivity contribution in [3.05, 3.63) is 12.2 Å². The Balaban J connectivity index is 1.16. The number of nitrogens with one attached hydrogen (secondary N) is 3. The second-order valence-corrected chi connectivity index (χ2v) is 30.7. The SMILES string of the molecule is CCCCCCCCCCCCC/C=C/[C@@H](O)[C@H](CO[C@@H]1OC(CO)[C@@H](O[C@@H]2OC(CO)[C@H](O[C@@H]3OC(CO)[C@H](O)[C@H](O[C@@H]4OC(CO)[C@H](O)[C@H](O[C@@H]5OC(CO)[C@H](O)[C@H](O)C5NC(C)=O)C4O)C3NC(C)=O)[C@H](O)C2O)[C@H](O)C1O)NC(=O)CCCCCCCCCCCCCCCCCCCCCCCCC. The predicted octanol–water partition coefficient (Wildman–Crippen LogP) is 2.87. The molecule has 10 unspecified atom stereocenters. The molecule has 638 valence electrons. The summed E-state index contributed by atoms with van der Waals surface area (Å²) in [5, 5.41) is 174. The Kier molecular flexibility index (Phi) is 48.7. The first-order chi connectivity index (χ1) is 52.6. The van der Waals surface area contributed by atoms with Crippen LogP contribution in [-0.4, -0.2) is 300 Å². The van der Waals surface area contributed by atoms with Gasteiger partial charge >= 0.3 is 0 Å². The van der Waals surface area contributed by atoms with E-state index < -0.39 is 217 Å². The summed E-state index contributed by atoms with van der Waals surface area (Å²) in [6.45, 7) is 1.42. The van der Waals surface area contributed by atoms with Gasteiger partial charge in [-0.05, 0) is 19.3 Å². The molecule has 0 saturated carbocycles. The van der Waals surface area contributed by atoms with E-state index in [2.05, 4.69) is 29.8 Å². The lowest BCUT2D eigenvalue weighted by Crippen LogP contribution is -2.70. The maximum Gasteiger partial charge on any atom is 0.220 e. The third-order valence-corrected chi connectivity index (χ3v) is 21.6. The van der Waals surface area contributed by atoms with Crippen molar-refractivity contribution in [2.24, 2.45) is 0 Å². The van der Waals surface area contributed by atoms with Gasteiger partial charge in [-0.15, -0.1) is 0 Å². The third-order valence-electron chi connectivity index (χ3n) is 21.6. The first-order valence-corrected chi connectivity index (χ1v) is 41.5. The van der Waals surface area contributed by atoms with Gasteiger partial charge in [0, 0.05) is 20.3 Å². The van der Waals surface area contributed by atoms with Gasteiger partial charge in [-0.3, -0.25) is 14.4 Å². The molecule has 27 atom stereocenters. The van der Waals surface area contributed by atoms with Gasteiger partial charge in [-0.25, -0.2) is 0 Å². The highest BCUT2D eigenvalue weighted by atomic mass is 16.8. The minimum atomic E-state index is -2.17. The second kappa shape index (κ2) is 54.9. The van der Waals surface area contributed by atoms with E-state index >= 15 is 0 Å². The highest BCUT2D eigenvalue weighted by molar-refractivity contribution is 5.76. The van der Waals surface area contributed by atoms with Crippen molar-refractivity contribution in [1.82, 2.24) is 16.0 Å². The van der Waals surface area contributed by atoms with Crippen LogP contribution in [0.3, 0.4) is 0 Å². The Labute approximate surface area is 645 Å². The molecule has 5 rings (SSSR count). The Hall–Kier alpha value is -2.85. The standard InChI is InChI=1S/C78H143N3O28/c1-5-7-9-11-13-15-17-19-20-21-22-23-24-25-26-27-28-30-32-34-36-38-40-42-58(90)81-51(52(89)41-39-37-35-33-31-29-18-16-14-12-10-8-6-2)48-100-76-67(97)65(95)71(56(46-85)104-76)107-77-68(98)66(96)70(57(47-86)105-77)106-75-60(80-50(4)88)72(62(92)54(44-83)102-75)108-78-69(99)73(63(93)55(45-84)103-78)109-74-59(79-49(3)87)64(94)61(91)53(43-82)101-74/h39,41,51-57,59-78,82-86,89,91-99H,5-38,40,42-48H2,1-4H3,(H,79,87)(H,80,88)(H,81,90)/b41-39+/t51-,52+,53?,54?,55?,56?,57?,59?,60?,61-,62-,63-,64+,65+,66+,67?,68?,69?,70-,71+,72+,73-,74-,75-,76+,77-,78-/m0/s1. The zero-order valence-electron chi connectivity index (χ0n) is 65.5. The topological polar surface area (TPSA) is 483 Å². The largest absolute Gasteiger partial charge is 0.394 e. The van der Waals surface area contributed by atoms with E-state index in [9.17, 15) is 91.0 Å². The van der Waals surface area contributed by atoms with E-state index in [-0.39, 0.29) is 12.3 Å². The summed E-state index contributed by atoms with van der Waals surface area (Å²) in [6.07, 6.45) is 1.96. The van der Waals surface area contributed by atoms with Crippen molar-refractivity contribution in [1.29, 1.82) is 0 Å². The monoisotopic (exact) mass is 1570 g/mol. The van der Waals surface area contributed by atoms with Crippen LogP contribution in [0.1, 0.15) is 259 Å². The van der Waals surface area contributed by atoms with Gasteiger partial charge in [-0.1, -0.05) is 231 Å². The number of allylic oxidation sites excluding steroid dienone is 1. The molecule has 31 nitrogen and oxygen atoms in total. The van der Waals surface area contributed by atoms with Crippen LogP contribution in [0.25, 0.3) is 0 Å². The molecule has 5 saturated heterocycles. The van der Waals surface area contributed by atoms with Crippen LogP contribution in [0.5, 0.6) is 0 Å². The zero-order valence-corrected chi connectivity index (χ0v) is 65.5. The minimum Gasteiger partial charge on any atom is -0.394 e. The van der Waals surface area contributed by atoms with E-state index in [0.717, 1.165) is 58.8 Å². The number of aliphatic hydroxyl groups excluding tert-OH is 15. The van der Waals surface area contributed by atoms with Crippen molar-refractivity contribution in [3.63, 3.8) is 0 Å². The van der Waals surface area contributed by atoms with E-state index in [1.54, 1.807) is 6.08 Å². The first-order valence-electron chi connectivity index (χ1n) is 41.5. The molecule has 0 aromatic rings. The number of unbranched alkanes of at least 4 members (excludes halogenated alkanes) is 33. The van der Waals surface area contributed by atoms with Crippen LogP contribution in [0.15, 0.2) is 12.2 Å². The van der Waals surface area contributed by atoms with Gasteiger partial charge in [0.1, 0.15) is 122 Å². The number of hydrogen-bond donors (Lipinski definition) is 18. The van der Waals surface area contributed by atoms with Crippen molar-refractivity contribution in [3.8, 4) is 0 Å². The molecule has 5 heterocycles. The van der Waals surface area contributed by atoms with Crippen molar-refractivity contribution in [2.75, 3.05) is 39.6 Å². The minimum absolute atomic E-state index is 0.195. The van der Waals surface area contributed by atoms with Crippen LogP contribution in [0, 0.1) is 0 Å². The second-order valence-electron chi connectivity index (χ2n) is 30.7. The number of carbonyl (C=O) groups is 3. The molecule has 0 aliphatic carbocycles. The normalized spacial score (nSPS) is 33.6. The number of carbonyl (C=O) groups excluding carboxylic acids is 3. The molecule has 18 N–H and O–H groups in total. The fraction of sp³-hybridized carbons (Fsp3) is 0.936. The molecule has 0 aromatic heterocycles. The Bertz CT molecular complexity index is 2410. The van der Waals surface area contributed by atoms with E-state index in [1.807, 2.05) is 6.08 Å². The maximum atomic E-state index is 13.5. The fourth-order valence-electron chi connectivity index (χ4n) is 15.0. The highest BCUT2D eigenvalue weighted by Gasteiger charge is 2.57.